The van der Waals surface area contributed by atoms with Crippen LogP contribution in [0.2, 0.25) is 0 Å². The van der Waals surface area contributed by atoms with Crippen molar-refractivity contribution in [2.75, 3.05) is 20.2 Å². The summed E-state index contributed by atoms with van der Waals surface area (Å²) in [6, 6.07) is -1.50. The number of nitrogens with one attached hydrogen (secondary N) is 1. The fourth-order valence-corrected chi connectivity index (χ4v) is 1.75. The molecule has 0 aromatic carbocycles. The van der Waals surface area contributed by atoms with E-state index in [1.165, 1.54) is 4.90 Å². The predicted molar refractivity (Wildman–Crippen MR) is 65.0 cm³/mol. The molecule has 6 heteroatoms. The summed E-state index contributed by atoms with van der Waals surface area (Å²) in [5.74, 6) is 1.10. The van der Waals surface area contributed by atoms with E-state index in [0.29, 0.717) is 6.54 Å². The maximum atomic E-state index is 11.7. The summed E-state index contributed by atoms with van der Waals surface area (Å²) >= 11 is 0. The summed E-state index contributed by atoms with van der Waals surface area (Å²) in [7, 11) is 1.60. The van der Waals surface area contributed by atoms with Crippen LogP contribution in [0.1, 0.15) is 19.3 Å². The molecule has 6 nitrogen and oxygen atoms in total. The number of ether oxygens (including phenoxy) is 1. The van der Waals surface area contributed by atoms with E-state index in [0.717, 1.165) is 19.4 Å². The molecule has 18 heavy (non-hydrogen) atoms. The summed E-state index contributed by atoms with van der Waals surface area (Å²) in [4.78, 5) is 24.0. The first kappa shape index (κ1) is 14.3. The first-order chi connectivity index (χ1) is 8.54. The number of carboxylic acids is 1. The molecular formula is C12H18N2O4. The minimum atomic E-state index is -1.13. The molecule has 1 saturated heterocycles. The smallest absolute Gasteiger partial charge is 0.327 e. The Hall–Kier alpha value is -1.74. The third-order valence-corrected chi connectivity index (χ3v) is 2.77. The van der Waals surface area contributed by atoms with Gasteiger partial charge in [-0.25, -0.2) is 9.59 Å². The molecule has 1 heterocycles. The second-order valence-electron chi connectivity index (χ2n) is 4.26. The molecule has 0 bridgehead atoms. The van der Waals surface area contributed by atoms with Gasteiger partial charge in [0.25, 0.3) is 0 Å². The Morgan fingerprint density at radius 2 is 2.39 bits per heavy atom. The Bertz CT molecular complexity index is 344. The number of rotatable bonds is 5. The van der Waals surface area contributed by atoms with Crippen LogP contribution in [0.25, 0.3) is 0 Å². The van der Waals surface area contributed by atoms with Gasteiger partial charge < -0.3 is 20.1 Å². The topological polar surface area (TPSA) is 78.9 Å². The Balaban J connectivity index is 2.42. The molecule has 1 fully saturated rings. The monoisotopic (exact) mass is 254 g/mol. The lowest BCUT2D eigenvalue weighted by Crippen LogP contribution is -2.48. The molecule has 1 rings (SSSR count). The maximum Gasteiger partial charge on any atom is 0.327 e. The average Bonchev–Trinajstić information content (AvgIpc) is 2.80. The summed E-state index contributed by atoms with van der Waals surface area (Å²) in [5.41, 5.74) is 0. The summed E-state index contributed by atoms with van der Waals surface area (Å²) in [6.45, 7) is 1.17. The molecule has 100 valence electrons. The average molecular weight is 254 g/mol. The van der Waals surface area contributed by atoms with Crippen molar-refractivity contribution in [3.8, 4) is 12.3 Å². The standard InChI is InChI=1S/C12H18N2O4/c1-3-5-10(11(15)16)13-12(17)14(2)8-9-6-4-7-18-9/h1,9-10H,4-8H2,2H3,(H,13,17)(H,15,16). The van der Waals surface area contributed by atoms with Gasteiger partial charge in [0.15, 0.2) is 0 Å². The highest BCUT2D eigenvalue weighted by Crippen LogP contribution is 2.12. The lowest BCUT2D eigenvalue weighted by molar-refractivity contribution is -0.139. The number of urea groups is 1. The van der Waals surface area contributed by atoms with Gasteiger partial charge >= 0.3 is 12.0 Å². The van der Waals surface area contributed by atoms with E-state index < -0.39 is 18.0 Å². The van der Waals surface area contributed by atoms with Crippen molar-refractivity contribution in [1.82, 2.24) is 10.2 Å². The van der Waals surface area contributed by atoms with Crippen molar-refractivity contribution in [3.63, 3.8) is 0 Å². The molecule has 1 aliphatic rings. The number of aliphatic carboxylic acids is 1. The Morgan fingerprint density at radius 1 is 1.67 bits per heavy atom. The quantitative estimate of drug-likeness (QED) is 0.691. The van der Waals surface area contributed by atoms with Crippen LogP contribution >= 0.6 is 0 Å². The molecule has 2 unspecified atom stereocenters. The molecule has 2 amide bonds. The SMILES string of the molecule is C#CCC(NC(=O)N(C)CC1CCCO1)C(=O)O. The van der Waals surface area contributed by atoms with E-state index in [1.54, 1.807) is 7.05 Å². The third kappa shape index (κ3) is 4.26. The van der Waals surface area contributed by atoms with Crippen LogP contribution in [-0.4, -0.2) is 54.4 Å². The number of carboxylic acid groups (broad SMARTS) is 1. The normalized spacial score (nSPS) is 19.9. The van der Waals surface area contributed by atoms with Crippen LogP contribution in [0, 0.1) is 12.3 Å². The van der Waals surface area contributed by atoms with Crippen molar-refractivity contribution in [2.45, 2.75) is 31.4 Å². The van der Waals surface area contributed by atoms with E-state index in [-0.39, 0.29) is 12.5 Å². The lowest BCUT2D eigenvalue weighted by Gasteiger charge is -2.23. The third-order valence-electron chi connectivity index (χ3n) is 2.77. The van der Waals surface area contributed by atoms with Crippen LogP contribution in [-0.2, 0) is 9.53 Å². The Kier molecular flexibility index (Phi) is 5.46. The largest absolute Gasteiger partial charge is 0.480 e. The molecule has 2 N–H and O–H groups in total. The minimum Gasteiger partial charge on any atom is -0.480 e. The second-order valence-corrected chi connectivity index (χ2v) is 4.26. The highest BCUT2D eigenvalue weighted by Gasteiger charge is 2.23. The van der Waals surface area contributed by atoms with Gasteiger partial charge in [-0.15, -0.1) is 12.3 Å². The van der Waals surface area contributed by atoms with E-state index in [1.807, 2.05) is 0 Å². The van der Waals surface area contributed by atoms with Gasteiger partial charge in [-0.1, -0.05) is 0 Å². The fourth-order valence-electron chi connectivity index (χ4n) is 1.75. The number of likely N-dealkylation sites (N-methyl/N-ethyl adjacent to an activating group) is 1. The number of amides is 2. The second kappa shape index (κ2) is 6.87. The van der Waals surface area contributed by atoms with E-state index in [2.05, 4.69) is 11.2 Å². The van der Waals surface area contributed by atoms with Crippen molar-refractivity contribution in [1.29, 1.82) is 0 Å². The Labute approximate surface area is 106 Å². The number of carbonyl (C=O) groups excluding carboxylic acids is 1. The zero-order valence-corrected chi connectivity index (χ0v) is 10.4. The molecule has 0 aromatic heterocycles. The molecule has 0 aliphatic carbocycles. The molecule has 2 atom stereocenters. The molecular weight excluding hydrogens is 236 g/mol. The zero-order valence-electron chi connectivity index (χ0n) is 10.4. The molecule has 0 aromatic rings. The summed E-state index contributed by atoms with van der Waals surface area (Å²) < 4.78 is 5.40. The van der Waals surface area contributed by atoms with Gasteiger partial charge in [0.1, 0.15) is 6.04 Å². The molecule has 0 radical (unpaired) electrons. The van der Waals surface area contributed by atoms with Crippen LogP contribution in [0.15, 0.2) is 0 Å². The molecule has 0 spiro atoms. The highest BCUT2D eigenvalue weighted by atomic mass is 16.5. The van der Waals surface area contributed by atoms with Gasteiger partial charge in [0.05, 0.1) is 6.10 Å². The van der Waals surface area contributed by atoms with Crippen molar-refractivity contribution < 1.29 is 19.4 Å². The van der Waals surface area contributed by atoms with Crippen LogP contribution in [0.3, 0.4) is 0 Å². The zero-order chi connectivity index (χ0) is 13.5. The predicted octanol–water partition coefficient (Wildman–Crippen LogP) is 0.283. The van der Waals surface area contributed by atoms with E-state index >= 15 is 0 Å². The van der Waals surface area contributed by atoms with Gasteiger partial charge in [-0.05, 0) is 12.8 Å². The number of terminal acetylenes is 1. The first-order valence-electron chi connectivity index (χ1n) is 5.84. The van der Waals surface area contributed by atoms with E-state index in [9.17, 15) is 9.59 Å². The van der Waals surface area contributed by atoms with Crippen LogP contribution in [0.5, 0.6) is 0 Å². The van der Waals surface area contributed by atoms with Crippen LogP contribution < -0.4 is 5.32 Å². The van der Waals surface area contributed by atoms with Crippen molar-refractivity contribution in [3.05, 3.63) is 0 Å². The van der Waals surface area contributed by atoms with Gasteiger partial charge in [-0.3, -0.25) is 0 Å². The van der Waals surface area contributed by atoms with Gasteiger partial charge in [-0.2, -0.15) is 0 Å². The fraction of sp³-hybridized carbons (Fsp3) is 0.667. The highest BCUT2D eigenvalue weighted by molar-refractivity contribution is 5.82. The van der Waals surface area contributed by atoms with E-state index in [4.69, 9.17) is 16.3 Å². The maximum absolute atomic E-state index is 11.7. The number of carbonyl (C=O) groups is 2. The first-order valence-corrected chi connectivity index (χ1v) is 5.84. The van der Waals surface area contributed by atoms with Gasteiger partial charge in [0.2, 0.25) is 0 Å². The molecule has 0 saturated carbocycles. The lowest BCUT2D eigenvalue weighted by atomic mass is 10.2. The Morgan fingerprint density at radius 3 is 2.89 bits per heavy atom. The van der Waals surface area contributed by atoms with Crippen molar-refractivity contribution >= 4 is 12.0 Å². The van der Waals surface area contributed by atoms with Gasteiger partial charge in [0, 0.05) is 26.6 Å². The number of nitrogens with zero attached hydrogens (tertiary/aromatic N) is 1. The van der Waals surface area contributed by atoms with Crippen LogP contribution in [0.4, 0.5) is 4.79 Å². The summed E-state index contributed by atoms with van der Waals surface area (Å²) in [6.07, 6.45) is 6.97. The van der Waals surface area contributed by atoms with Crippen molar-refractivity contribution in [2.24, 2.45) is 0 Å². The molecule has 1 aliphatic heterocycles. The number of hydrogen-bond acceptors (Lipinski definition) is 3. The summed E-state index contributed by atoms with van der Waals surface area (Å²) in [5, 5.41) is 11.2. The minimum absolute atomic E-state index is 0.0329. The number of hydrogen-bond donors (Lipinski definition) is 2.